The van der Waals surface area contributed by atoms with Gasteiger partial charge in [0.2, 0.25) is 0 Å². The normalized spacial score (nSPS) is 16.7. The Kier molecular flexibility index (Phi) is 6.22. The highest BCUT2D eigenvalue weighted by atomic mass is 35.5. The van der Waals surface area contributed by atoms with Gasteiger partial charge in [-0.15, -0.1) is 0 Å². The molecule has 4 rings (SSSR count). The number of rotatable bonds is 5. The molecule has 0 unspecified atom stereocenters. The predicted molar refractivity (Wildman–Crippen MR) is 119 cm³/mol. The molecular weight excluding hydrogens is 421 g/mol. The highest BCUT2D eigenvalue weighted by Crippen LogP contribution is 2.28. The van der Waals surface area contributed by atoms with Crippen molar-refractivity contribution in [1.82, 2.24) is 30.2 Å². The molecule has 0 spiro atoms. The lowest BCUT2D eigenvalue weighted by Crippen LogP contribution is -2.52. The van der Waals surface area contributed by atoms with Crippen LogP contribution in [0.1, 0.15) is 33.1 Å². The molecule has 0 radical (unpaired) electrons. The second kappa shape index (κ2) is 9.05. The van der Waals surface area contributed by atoms with Gasteiger partial charge in [0.1, 0.15) is 5.65 Å². The molecule has 3 aromatic heterocycles. The zero-order valence-corrected chi connectivity index (χ0v) is 18.2. The van der Waals surface area contributed by atoms with Gasteiger partial charge in [0.25, 0.3) is 0 Å². The standard InChI is InChI=1S/C21H25ClFN7O/c1-12(2)28-21(31)30-6-4-3-5-14(30)9-25-20-17(23)11-27-19(29-20)16-10-26-18-15(16)7-13(22)8-24-18/h7-8,10-12,14H,3-6,9H2,1-2H3,(H,24,26)(H,28,31)(H,25,27,29)/t14-/m0/s1. The number of hydrogen-bond donors (Lipinski definition) is 3. The number of H-pyrrole nitrogens is 1. The first-order valence-corrected chi connectivity index (χ1v) is 10.8. The monoisotopic (exact) mass is 445 g/mol. The Morgan fingerprint density at radius 2 is 2.19 bits per heavy atom. The van der Waals surface area contributed by atoms with E-state index in [2.05, 4.69) is 30.6 Å². The van der Waals surface area contributed by atoms with Gasteiger partial charge in [-0.2, -0.15) is 0 Å². The number of carbonyl (C=O) groups is 1. The smallest absolute Gasteiger partial charge is 0.317 e. The molecule has 3 aromatic rings. The predicted octanol–water partition coefficient (Wildman–Crippen LogP) is 4.20. The molecule has 0 aromatic carbocycles. The van der Waals surface area contributed by atoms with E-state index < -0.39 is 5.82 Å². The third kappa shape index (κ3) is 4.71. The fourth-order valence-electron chi connectivity index (χ4n) is 3.81. The molecule has 31 heavy (non-hydrogen) atoms. The van der Waals surface area contributed by atoms with Crippen molar-refractivity contribution in [3.63, 3.8) is 0 Å². The number of hydrogen-bond acceptors (Lipinski definition) is 5. The van der Waals surface area contributed by atoms with Crippen LogP contribution in [0.25, 0.3) is 22.4 Å². The van der Waals surface area contributed by atoms with Gasteiger partial charge in [-0.05, 0) is 39.2 Å². The van der Waals surface area contributed by atoms with Gasteiger partial charge >= 0.3 is 6.03 Å². The van der Waals surface area contributed by atoms with Gasteiger partial charge in [0, 0.05) is 42.5 Å². The van der Waals surface area contributed by atoms with Crippen LogP contribution in [0, 0.1) is 5.82 Å². The minimum Gasteiger partial charge on any atom is -0.365 e. The quantitative estimate of drug-likeness (QED) is 0.546. The molecule has 0 saturated carbocycles. The van der Waals surface area contributed by atoms with Crippen LogP contribution >= 0.6 is 11.6 Å². The van der Waals surface area contributed by atoms with E-state index in [1.54, 1.807) is 18.5 Å². The van der Waals surface area contributed by atoms with E-state index in [-0.39, 0.29) is 23.9 Å². The Hall–Kier alpha value is -2.94. The van der Waals surface area contributed by atoms with Crippen LogP contribution in [0.4, 0.5) is 15.0 Å². The fraction of sp³-hybridized carbons (Fsp3) is 0.429. The lowest BCUT2D eigenvalue weighted by atomic mass is 10.0. The Morgan fingerprint density at radius 3 is 3.00 bits per heavy atom. The minimum atomic E-state index is -0.547. The van der Waals surface area contributed by atoms with Gasteiger partial charge in [0.05, 0.1) is 17.3 Å². The molecule has 10 heteroatoms. The molecule has 3 N–H and O–H groups in total. The largest absolute Gasteiger partial charge is 0.365 e. The first kappa shape index (κ1) is 21.3. The minimum absolute atomic E-state index is 0.0404. The highest BCUT2D eigenvalue weighted by molar-refractivity contribution is 6.31. The van der Waals surface area contributed by atoms with Gasteiger partial charge in [-0.1, -0.05) is 11.6 Å². The molecule has 4 heterocycles. The number of urea groups is 1. The topological polar surface area (TPSA) is 98.8 Å². The van der Waals surface area contributed by atoms with Crippen LogP contribution in [0.2, 0.25) is 5.02 Å². The van der Waals surface area contributed by atoms with Gasteiger partial charge in [-0.25, -0.2) is 24.1 Å². The lowest BCUT2D eigenvalue weighted by molar-refractivity contribution is 0.153. The molecule has 0 aliphatic carbocycles. The second-order valence-electron chi connectivity index (χ2n) is 7.97. The van der Waals surface area contributed by atoms with Crippen molar-refractivity contribution < 1.29 is 9.18 Å². The van der Waals surface area contributed by atoms with Crippen molar-refractivity contribution >= 4 is 34.5 Å². The molecule has 1 atom stereocenters. The average Bonchev–Trinajstić information content (AvgIpc) is 3.16. The van der Waals surface area contributed by atoms with Crippen LogP contribution < -0.4 is 10.6 Å². The lowest BCUT2D eigenvalue weighted by Gasteiger charge is -2.36. The number of likely N-dealkylation sites (tertiary alicyclic amines) is 1. The summed E-state index contributed by atoms with van der Waals surface area (Å²) in [6.45, 7) is 4.95. The van der Waals surface area contributed by atoms with E-state index in [0.29, 0.717) is 35.1 Å². The summed E-state index contributed by atoms with van der Waals surface area (Å²) in [5.41, 5.74) is 1.33. The molecule has 1 aliphatic heterocycles. The fourth-order valence-corrected chi connectivity index (χ4v) is 3.97. The molecule has 8 nitrogen and oxygen atoms in total. The first-order chi connectivity index (χ1) is 14.9. The molecule has 0 bridgehead atoms. The van der Waals surface area contributed by atoms with Crippen LogP contribution in [0.3, 0.4) is 0 Å². The summed E-state index contributed by atoms with van der Waals surface area (Å²) in [4.78, 5) is 30.2. The number of piperidine rings is 1. The second-order valence-corrected chi connectivity index (χ2v) is 8.41. The van der Waals surface area contributed by atoms with E-state index in [9.17, 15) is 9.18 Å². The van der Waals surface area contributed by atoms with Crippen molar-refractivity contribution in [1.29, 1.82) is 0 Å². The number of pyridine rings is 1. The summed E-state index contributed by atoms with van der Waals surface area (Å²) in [5.74, 6) is -0.0878. The number of carbonyl (C=O) groups excluding carboxylic acids is 1. The number of aromatic nitrogens is 4. The van der Waals surface area contributed by atoms with Gasteiger partial charge in [-0.3, -0.25) is 0 Å². The van der Waals surface area contributed by atoms with E-state index >= 15 is 0 Å². The van der Waals surface area contributed by atoms with Crippen molar-refractivity contribution in [2.45, 2.75) is 45.2 Å². The number of halogens is 2. The van der Waals surface area contributed by atoms with Gasteiger partial charge < -0.3 is 20.5 Å². The molecule has 1 aliphatic rings. The van der Waals surface area contributed by atoms with E-state index in [4.69, 9.17) is 11.6 Å². The highest BCUT2D eigenvalue weighted by Gasteiger charge is 2.27. The Morgan fingerprint density at radius 1 is 1.35 bits per heavy atom. The van der Waals surface area contributed by atoms with Crippen molar-refractivity contribution in [3.05, 3.63) is 35.5 Å². The van der Waals surface area contributed by atoms with Gasteiger partial charge in [0.15, 0.2) is 17.5 Å². The Bertz CT molecular complexity index is 1090. The zero-order chi connectivity index (χ0) is 22.0. The third-order valence-electron chi connectivity index (χ3n) is 5.29. The van der Waals surface area contributed by atoms with Crippen LogP contribution in [-0.2, 0) is 0 Å². The van der Waals surface area contributed by atoms with Crippen LogP contribution in [0.5, 0.6) is 0 Å². The van der Waals surface area contributed by atoms with Crippen LogP contribution in [0.15, 0.2) is 24.7 Å². The maximum absolute atomic E-state index is 14.4. The number of amides is 2. The van der Waals surface area contributed by atoms with Crippen molar-refractivity contribution in [3.8, 4) is 11.4 Å². The maximum atomic E-state index is 14.4. The Labute approximate surface area is 184 Å². The Balaban J connectivity index is 1.53. The average molecular weight is 446 g/mol. The summed E-state index contributed by atoms with van der Waals surface area (Å²) >= 11 is 6.07. The SMILES string of the molecule is CC(C)NC(=O)N1CCCC[C@H]1CNc1nc(-c2c[nH]c3ncc(Cl)cc23)ncc1F. The van der Waals surface area contributed by atoms with E-state index in [0.717, 1.165) is 30.8 Å². The molecular formula is C21H25ClFN7O. The molecule has 164 valence electrons. The first-order valence-electron chi connectivity index (χ1n) is 10.4. The number of fused-ring (bicyclic) bond motifs is 1. The number of anilines is 1. The third-order valence-corrected chi connectivity index (χ3v) is 5.49. The molecule has 2 amide bonds. The number of nitrogens with zero attached hydrogens (tertiary/aromatic N) is 4. The molecule has 1 saturated heterocycles. The number of aromatic amines is 1. The summed E-state index contributed by atoms with van der Waals surface area (Å²) in [7, 11) is 0. The molecule has 1 fully saturated rings. The van der Waals surface area contributed by atoms with Crippen molar-refractivity contribution in [2.24, 2.45) is 0 Å². The maximum Gasteiger partial charge on any atom is 0.317 e. The van der Waals surface area contributed by atoms with E-state index in [1.807, 2.05) is 18.7 Å². The number of nitrogens with one attached hydrogen (secondary N) is 3. The summed E-state index contributed by atoms with van der Waals surface area (Å²) in [5, 5.41) is 7.27. The van der Waals surface area contributed by atoms with Crippen molar-refractivity contribution in [2.75, 3.05) is 18.4 Å². The summed E-state index contributed by atoms with van der Waals surface area (Å²) in [6, 6.07) is 1.70. The summed E-state index contributed by atoms with van der Waals surface area (Å²) < 4.78 is 14.4. The zero-order valence-electron chi connectivity index (χ0n) is 17.5. The van der Waals surface area contributed by atoms with E-state index in [1.165, 1.54) is 0 Å². The van der Waals surface area contributed by atoms with Crippen LogP contribution in [-0.4, -0.2) is 56.0 Å². The summed E-state index contributed by atoms with van der Waals surface area (Å²) in [6.07, 6.45) is 7.26.